The number of fused-ring (bicyclic) bond motifs is 1. The lowest BCUT2D eigenvalue weighted by Gasteiger charge is -2.10. The van der Waals surface area contributed by atoms with Gasteiger partial charge in [0.05, 0.1) is 12.6 Å². The van der Waals surface area contributed by atoms with E-state index >= 15 is 0 Å². The molecule has 1 aliphatic rings. The Morgan fingerprint density at radius 1 is 1.28 bits per heavy atom. The normalized spacial score (nSPS) is 16.1. The monoisotopic (exact) mass is 429 g/mol. The van der Waals surface area contributed by atoms with Crippen LogP contribution in [0.1, 0.15) is 24.0 Å². The number of hydrogen-bond acceptors (Lipinski definition) is 4. The van der Waals surface area contributed by atoms with Crippen molar-refractivity contribution in [3.8, 4) is 11.8 Å². The van der Waals surface area contributed by atoms with E-state index in [2.05, 4.69) is 9.88 Å². The van der Waals surface area contributed by atoms with Crippen LogP contribution in [0.2, 0.25) is 0 Å². The maximum atomic E-state index is 12.6. The Morgan fingerprint density at radius 3 is 2.88 bits per heavy atom. The molecular formula is C26H27N3O3. The molecule has 1 aromatic heterocycles. The maximum Gasteiger partial charge on any atom is 0.262 e. The molecule has 0 spiro atoms. The average molecular weight is 430 g/mol. The lowest BCUT2D eigenvalue weighted by Crippen LogP contribution is -2.32. The topological polar surface area (TPSA) is 76.3 Å². The van der Waals surface area contributed by atoms with Crippen LogP contribution >= 0.6 is 0 Å². The molecule has 164 valence electrons. The van der Waals surface area contributed by atoms with Gasteiger partial charge < -0.3 is 19.4 Å². The molecule has 1 amide bonds. The van der Waals surface area contributed by atoms with Crippen molar-refractivity contribution in [1.29, 1.82) is 5.26 Å². The molecule has 0 saturated carbocycles. The van der Waals surface area contributed by atoms with E-state index in [0.717, 1.165) is 47.2 Å². The van der Waals surface area contributed by atoms with Crippen LogP contribution in [0, 0.1) is 18.3 Å². The summed E-state index contributed by atoms with van der Waals surface area (Å²) in [6.07, 6.45) is 5.61. The van der Waals surface area contributed by atoms with Crippen LogP contribution in [0.25, 0.3) is 17.0 Å². The van der Waals surface area contributed by atoms with Crippen molar-refractivity contribution in [3.63, 3.8) is 0 Å². The number of para-hydroxylation sites is 2. The second kappa shape index (κ2) is 10.2. The summed E-state index contributed by atoms with van der Waals surface area (Å²) in [5, 5.41) is 13.4. The minimum atomic E-state index is -0.372. The number of carbonyl (C=O) groups is 1. The summed E-state index contributed by atoms with van der Waals surface area (Å²) in [4.78, 5) is 12.6. The Kier molecular flexibility index (Phi) is 6.88. The number of ether oxygens (including phenoxy) is 2. The van der Waals surface area contributed by atoms with Gasteiger partial charge in [0.2, 0.25) is 0 Å². The fraction of sp³-hybridized carbons (Fsp3) is 0.308. The average Bonchev–Trinajstić information content (AvgIpc) is 3.45. The summed E-state index contributed by atoms with van der Waals surface area (Å²) in [5.41, 5.74) is 3.05. The van der Waals surface area contributed by atoms with Crippen molar-refractivity contribution in [3.05, 3.63) is 71.4 Å². The van der Waals surface area contributed by atoms with Crippen LogP contribution in [0.3, 0.4) is 0 Å². The number of nitrogens with one attached hydrogen (secondary N) is 1. The molecule has 1 saturated heterocycles. The van der Waals surface area contributed by atoms with E-state index in [1.165, 1.54) is 0 Å². The number of hydrogen-bond donors (Lipinski definition) is 1. The number of amides is 1. The van der Waals surface area contributed by atoms with Crippen molar-refractivity contribution < 1.29 is 14.3 Å². The Bertz CT molecular complexity index is 1170. The fourth-order valence-corrected chi connectivity index (χ4v) is 3.96. The first-order valence-electron chi connectivity index (χ1n) is 10.9. The maximum absolute atomic E-state index is 12.6. The summed E-state index contributed by atoms with van der Waals surface area (Å²) in [5.74, 6) is 0.501. The molecule has 6 nitrogen and oxygen atoms in total. The van der Waals surface area contributed by atoms with Crippen molar-refractivity contribution in [2.24, 2.45) is 0 Å². The summed E-state index contributed by atoms with van der Waals surface area (Å²) in [7, 11) is 0. The summed E-state index contributed by atoms with van der Waals surface area (Å²) < 4.78 is 13.6. The van der Waals surface area contributed by atoms with E-state index in [1.54, 1.807) is 6.08 Å². The zero-order valence-corrected chi connectivity index (χ0v) is 18.2. The first kappa shape index (κ1) is 21.7. The molecule has 1 fully saturated rings. The lowest BCUT2D eigenvalue weighted by atomic mass is 10.1. The first-order valence-corrected chi connectivity index (χ1v) is 10.9. The van der Waals surface area contributed by atoms with Gasteiger partial charge in [0, 0.05) is 35.8 Å². The van der Waals surface area contributed by atoms with E-state index in [4.69, 9.17) is 9.47 Å². The SMILES string of the molecule is Cc1ccccc1OCCn1cc(C=C(C#N)C(=O)NCC2CCCO2)c2ccccc21. The Morgan fingerprint density at radius 2 is 2.09 bits per heavy atom. The molecule has 4 rings (SSSR count). The first-order chi connectivity index (χ1) is 15.7. The number of aryl methyl sites for hydroxylation is 1. The van der Waals surface area contributed by atoms with Crippen molar-refractivity contribution in [1.82, 2.24) is 9.88 Å². The van der Waals surface area contributed by atoms with Crippen LogP contribution in [0.4, 0.5) is 0 Å². The van der Waals surface area contributed by atoms with Crippen LogP contribution in [0.15, 0.2) is 60.3 Å². The highest BCUT2D eigenvalue weighted by Crippen LogP contribution is 2.24. The molecule has 0 radical (unpaired) electrons. The van der Waals surface area contributed by atoms with Gasteiger partial charge in [-0.1, -0.05) is 36.4 Å². The fourth-order valence-electron chi connectivity index (χ4n) is 3.96. The van der Waals surface area contributed by atoms with Gasteiger partial charge in [-0.25, -0.2) is 0 Å². The Hall–Kier alpha value is -3.56. The molecule has 1 atom stereocenters. The van der Waals surface area contributed by atoms with Crippen LogP contribution in [0.5, 0.6) is 5.75 Å². The molecule has 0 bridgehead atoms. The van der Waals surface area contributed by atoms with Gasteiger partial charge >= 0.3 is 0 Å². The molecule has 1 N–H and O–H groups in total. The van der Waals surface area contributed by atoms with Gasteiger partial charge in [0.25, 0.3) is 5.91 Å². The van der Waals surface area contributed by atoms with E-state index in [0.29, 0.717) is 19.7 Å². The standard InChI is InChI=1S/C26H27N3O3/c1-19-7-2-5-11-25(19)32-14-12-29-18-21(23-9-3-4-10-24(23)29)15-20(16-27)26(30)28-17-22-8-6-13-31-22/h2-5,7,9-11,15,18,22H,6,8,12-14,17H2,1H3,(H,28,30). The highest BCUT2D eigenvalue weighted by molar-refractivity contribution is 6.04. The third-order valence-corrected chi connectivity index (χ3v) is 5.68. The highest BCUT2D eigenvalue weighted by atomic mass is 16.5. The molecule has 6 heteroatoms. The van der Waals surface area contributed by atoms with Gasteiger partial charge in [-0.15, -0.1) is 0 Å². The largest absolute Gasteiger partial charge is 0.491 e. The third kappa shape index (κ3) is 5.01. The molecule has 2 aromatic carbocycles. The Balaban J connectivity index is 1.50. The Labute approximate surface area is 188 Å². The number of benzene rings is 2. The molecule has 1 aliphatic heterocycles. The number of rotatable bonds is 8. The van der Waals surface area contributed by atoms with E-state index in [9.17, 15) is 10.1 Å². The second-order valence-corrected chi connectivity index (χ2v) is 7.92. The molecular weight excluding hydrogens is 402 g/mol. The van der Waals surface area contributed by atoms with Crippen molar-refractivity contribution in [2.45, 2.75) is 32.4 Å². The van der Waals surface area contributed by atoms with E-state index in [-0.39, 0.29) is 17.6 Å². The van der Waals surface area contributed by atoms with Gasteiger partial charge in [0.15, 0.2) is 0 Å². The number of nitriles is 1. The summed E-state index contributed by atoms with van der Waals surface area (Å²) in [6, 6.07) is 18.0. The molecule has 1 unspecified atom stereocenters. The van der Waals surface area contributed by atoms with Crippen LogP contribution < -0.4 is 10.1 Å². The third-order valence-electron chi connectivity index (χ3n) is 5.68. The van der Waals surface area contributed by atoms with Crippen molar-refractivity contribution in [2.75, 3.05) is 19.8 Å². The molecule has 2 heterocycles. The second-order valence-electron chi connectivity index (χ2n) is 7.92. The minimum absolute atomic E-state index is 0.0362. The smallest absolute Gasteiger partial charge is 0.262 e. The minimum Gasteiger partial charge on any atom is -0.491 e. The van der Waals surface area contributed by atoms with E-state index < -0.39 is 0 Å². The number of carbonyl (C=O) groups excluding carboxylic acids is 1. The van der Waals surface area contributed by atoms with Gasteiger partial charge in [-0.05, 0) is 43.5 Å². The van der Waals surface area contributed by atoms with Crippen molar-refractivity contribution >= 4 is 22.9 Å². The van der Waals surface area contributed by atoms with Gasteiger partial charge in [-0.2, -0.15) is 5.26 Å². The highest BCUT2D eigenvalue weighted by Gasteiger charge is 2.18. The van der Waals surface area contributed by atoms with Gasteiger partial charge in [-0.3, -0.25) is 4.79 Å². The zero-order valence-electron chi connectivity index (χ0n) is 18.2. The summed E-state index contributed by atoms with van der Waals surface area (Å²) in [6.45, 7) is 4.34. The predicted octanol–water partition coefficient (Wildman–Crippen LogP) is 4.23. The van der Waals surface area contributed by atoms with E-state index in [1.807, 2.05) is 67.7 Å². The lowest BCUT2D eigenvalue weighted by molar-refractivity contribution is -0.117. The number of aromatic nitrogens is 1. The molecule has 3 aromatic rings. The molecule has 0 aliphatic carbocycles. The van der Waals surface area contributed by atoms with Gasteiger partial charge in [0.1, 0.15) is 24.0 Å². The predicted molar refractivity (Wildman–Crippen MR) is 124 cm³/mol. The molecule has 32 heavy (non-hydrogen) atoms. The van der Waals surface area contributed by atoms with Crippen LogP contribution in [-0.2, 0) is 16.1 Å². The zero-order chi connectivity index (χ0) is 22.3. The summed E-state index contributed by atoms with van der Waals surface area (Å²) >= 11 is 0. The van der Waals surface area contributed by atoms with Crippen LogP contribution in [-0.4, -0.2) is 36.3 Å². The number of nitrogens with zero attached hydrogens (tertiary/aromatic N) is 2. The quantitative estimate of drug-likeness (QED) is 0.429.